The minimum Gasteiger partial charge on any atom is -0.376 e. The van der Waals surface area contributed by atoms with Crippen LogP contribution in [0.25, 0.3) is 5.65 Å². The average Bonchev–Trinajstić information content (AvgIpc) is 2.94. The van der Waals surface area contributed by atoms with Crippen molar-refractivity contribution in [3.8, 4) is 0 Å². The maximum absolute atomic E-state index is 12.5. The summed E-state index contributed by atoms with van der Waals surface area (Å²) in [6.45, 7) is 0. The van der Waals surface area contributed by atoms with E-state index in [9.17, 15) is 4.79 Å². The molecule has 112 valence electrons. The molecule has 1 aromatic carbocycles. The number of rotatable bonds is 3. The van der Waals surface area contributed by atoms with Crippen LogP contribution in [0.15, 0.2) is 48.9 Å². The van der Waals surface area contributed by atoms with Crippen LogP contribution >= 0.6 is 11.6 Å². The van der Waals surface area contributed by atoms with Crippen LogP contribution in [0.5, 0.6) is 0 Å². The highest BCUT2D eigenvalue weighted by Crippen LogP contribution is 2.28. The van der Waals surface area contributed by atoms with Gasteiger partial charge >= 0.3 is 0 Å². The Labute approximate surface area is 133 Å². The van der Waals surface area contributed by atoms with Crippen LogP contribution in [0.1, 0.15) is 10.4 Å². The highest BCUT2D eigenvalue weighted by Gasteiger charge is 2.12. The van der Waals surface area contributed by atoms with Crippen molar-refractivity contribution in [2.75, 3.05) is 24.3 Å². The minimum absolute atomic E-state index is 0.194. The number of carbonyl (C=O) groups is 1. The van der Waals surface area contributed by atoms with Crippen molar-refractivity contribution in [2.45, 2.75) is 0 Å². The van der Waals surface area contributed by atoms with Crippen LogP contribution in [0.3, 0.4) is 0 Å². The molecule has 2 aromatic heterocycles. The molecule has 0 atom stereocenters. The summed E-state index contributed by atoms with van der Waals surface area (Å²) < 4.78 is 1.81. The lowest BCUT2D eigenvalue weighted by atomic mass is 10.2. The topological polar surface area (TPSA) is 49.6 Å². The molecule has 1 amide bonds. The number of nitrogens with one attached hydrogen (secondary N) is 1. The first-order valence-electron chi connectivity index (χ1n) is 6.75. The van der Waals surface area contributed by atoms with Crippen LogP contribution in [-0.4, -0.2) is 29.4 Å². The molecule has 0 spiro atoms. The molecule has 0 aliphatic carbocycles. The van der Waals surface area contributed by atoms with Gasteiger partial charge in [0.25, 0.3) is 5.91 Å². The van der Waals surface area contributed by atoms with Crippen LogP contribution in [-0.2, 0) is 0 Å². The number of hydrogen-bond acceptors (Lipinski definition) is 3. The first-order valence-corrected chi connectivity index (χ1v) is 7.13. The van der Waals surface area contributed by atoms with Gasteiger partial charge in [0, 0.05) is 37.7 Å². The molecule has 3 aromatic rings. The molecular weight excluding hydrogens is 300 g/mol. The number of anilines is 2. The van der Waals surface area contributed by atoms with E-state index in [1.54, 1.807) is 47.3 Å². The van der Waals surface area contributed by atoms with E-state index in [1.807, 2.05) is 25.1 Å². The minimum atomic E-state index is -0.194. The standard InChI is InChI=1S/C16H15ClN4O/c1-20(2)14-5-4-12(17)9-13(14)19-16(22)11-3-6-15-18-7-8-21(15)10-11/h3-10H,1-2H3,(H,19,22). The first-order chi connectivity index (χ1) is 10.5. The molecule has 0 fully saturated rings. The predicted octanol–water partition coefficient (Wildman–Crippen LogP) is 3.31. The van der Waals surface area contributed by atoms with Crippen LogP contribution in [0, 0.1) is 0 Å². The zero-order valence-electron chi connectivity index (χ0n) is 12.2. The number of fused-ring (bicyclic) bond motifs is 1. The summed E-state index contributed by atoms with van der Waals surface area (Å²) in [5.74, 6) is -0.194. The molecule has 3 rings (SSSR count). The Morgan fingerprint density at radius 1 is 1.27 bits per heavy atom. The van der Waals surface area contributed by atoms with Gasteiger partial charge in [-0.2, -0.15) is 0 Å². The predicted molar refractivity (Wildman–Crippen MR) is 88.9 cm³/mol. The van der Waals surface area contributed by atoms with Gasteiger partial charge in [-0.1, -0.05) is 11.6 Å². The fourth-order valence-electron chi connectivity index (χ4n) is 2.25. The third kappa shape index (κ3) is 2.76. The molecule has 22 heavy (non-hydrogen) atoms. The number of carbonyl (C=O) groups excluding carboxylic acids is 1. The number of hydrogen-bond donors (Lipinski definition) is 1. The van der Waals surface area contributed by atoms with E-state index >= 15 is 0 Å². The number of amides is 1. The molecule has 0 saturated heterocycles. The summed E-state index contributed by atoms with van der Waals surface area (Å²) >= 11 is 6.03. The number of pyridine rings is 1. The van der Waals surface area contributed by atoms with Gasteiger partial charge in [-0.15, -0.1) is 0 Å². The zero-order chi connectivity index (χ0) is 15.7. The van der Waals surface area contributed by atoms with Gasteiger partial charge in [-0.05, 0) is 30.3 Å². The van der Waals surface area contributed by atoms with Crippen molar-refractivity contribution in [3.63, 3.8) is 0 Å². The second-order valence-corrected chi connectivity index (χ2v) is 5.56. The van der Waals surface area contributed by atoms with Crippen molar-refractivity contribution >= 4 is 34.5 Å². The van der Waals surface area contributed by atoms with Crippen molar-refractivity contribution < 1.29 is 4.79 Å². The lowest BCUT2D eigenvalue weighted by Crippen LogP contribution is -2.17. The lowest BCUT2D eigenvalue weighted by molar-refractivity contribution is 0.102. The molecular formula is C16H15ClN4O. The lowest BCUT2D eigenvalue weighted by Gasteiger charge is -2.18. The van der Waals surface area contributed by atoms with Crippen molar-refractivity contribution in [2.24, 2.45) is 0 Å². The number of aromatic nitrogens is 2. The van der Waals surface area contributed by atoms with E-state index in [0.29, 0.717) is 16.3 Å². The molecule has 0 radical (unpaired) electrons. The van der Waals surface area contributed by atoms with Crippen LogP contribution in [0.4, 0.5) is 11.4 Å². The maximum Gasteiger partial charge on any atom is 0.257 e. The number of nitrogens with zero attached hydrogens (tertiary/aromatic N) is 3. The molecule has 0 aliphatic heterocycles. The Bertz CT molecular complexity index is 841. The van der Waals surface area contributed by atoms with Gasteiger partial charge in [-0.25, -0.2) is 4.98 Å². The summed E-state index contributed by atoms with van der Waals surface area (Å²) in [6, 6.07) is 8.96. The molecule has 5 nitrogen and oxygen atoms in total. The fraction of sp³-hybridized carbons (Fsp3) is 0.125. The van der Waals surface area contributed by atoms with Crippen molar-refractivity contribution in [3.05, 3.63) is 59.5 Å². The number of imidazole rings is 1. The first kappa shape index (κ1) is 14.4. The van der Waals surface area contributed by atoms with Crippen molar-refractivity contribution in [1.82, 2.24) is 9.38 Å². The fourth-order valence-corrected chi connectivity index (χ4v) is 2.42. The van der Waals surface area contributed by atoms with E-state index in [4.69, 9.17) is 11.6 Å². The molecule has 0 bridgehead atoms. The third-order valence-corrected chi connectivity index (χ3v) is 3.57. The van der Waals surface area contributed by atoms with Crippen LogP contribution in [0.2, 0.25) is 5.02 Å². The summed E-state index contributed by atoms with van der Waals surface area (Å²) in [6.07, 6.45) is 5.24. The average molecular weight is 315 g/mol. The van der Waals surface area contributed by atoms with Gasteiger partial charge in [0.2, 0.25) is 0 Å². The Morgan fingerprint density at radius 3 is 2.86 bits per heavy atom. The molecule has 0 aliphatic rings. The molecule has 2 heterocycles. The quantitative estimate of drug-likeness (QED) is 0.807. The summed E-state index contributed by atoms with van der Waals surface area (Å²) in [7, 11) is 3.83. The van der Waals surface area contributed by atoms with E-state index in [0.717, 1.165) is 11.3 Å². The van der Waals surface area contributed by atoms with E-state index < -0.39 is 0 Å². The SMILES string of the molecule is CN(C)c1ccc(Cl)cc1NC(=O)c1ccc2nccn2c1. The Morgan fingerprint density at radius 2 is 2.09 bits per heavy atom. The Balaban J connectivity index is 1.92. The van der Waals surface area contributed by atoms with Gasteiger partial charge in [-0.3, -0.25) is 4.79 Å². The van der Waals surface area contributed by atoms with Gasteiger partial charge in [0.1, 0.15) is 5.65 Å². The van der Waals surface area contributed by atoms with Gasteiger partial charge in [0.15, 0.2) is 0 Å². The largest absolute Gasteiger partial charge is 0.376 e. The van der Waals surface area contributed by atoms with Gasteiger partial charge < -0.3 is 14.6 Å². The summed E-state index contributed by atoms with van der Waals surface area (Å²) in [5.41, 5.74) is 2.91. The summed E-state index contributed by atoms with van der Waals surface area (Å²) in [5, 5.41) is 3.48. The summed E-state index contributed by atoms with van der Waals surface area (Å²) in [4.78, 5) is 18.5. The Kier molecular flexibility index (Phi) is 3.73. The molecule has 0 unspecified atom stereocenters. The molecule has 1 N–H and O–H groups in total. The highest BCUT2D eigenvalue weighted by atomic mass is 35.5. The van der Waals surface area contributed by atoms with Crippen LogP contribution < -0.4 is 10.2 Å². The second kappa shape index (κ2) is 5.69. The van der Waals surface area contributed by atoms with Gasteiger partial charge in [0.05, 0.1) is 16.9 Å². The third-order valence-electron chi connectivity index (χ3n) is 3.34. The molecule has 0 saturated carbocycles. The smallest absolute Gasteiger partial charge is 0.257 e. The monoisotopic (exact) mass is 314 g/mol. The Hall–Kier alpha value is -2.53. The van der Waals surface area contributed by atoms with E-state index in [-0.39, 0.29) is 5.91 Å². The maximum atomic E-state index is 12.5. The molecule has 6 heteroatoms. The normalized spacial score (nSPS) is 10.7. The second-order valence-electron chi connectivity index (χ2n) is 5.12. The highest BCUT2D eigenvalue weighted by molar-refractivity contribution is 6.31. The number of halogens is 1. The van der Waals surface area contributed by atoms with E-state index in [2.05, 4.69) is 10.3 Å². The number of benzene rings is 1. The van der Waals surface area contributed by atoms with Crippen molar-refractivity contribution in [1.29, 1.82) is 0 Å². The zero-order valence-corrected chi connectivity index (χ0v) is 13.0. The van der Waals surface area contributed by atoms with E-state index in [1.165, 1.54) is 0 Å².